The summed E-state index contributed by atoms with van der Waals surface area (Å²) in [7, 11) is 1.55. The van der Waals surface area contributed by atoms with Gasteiger partial charge < -0.3 is 9.84 Å². The fourth-order valence-electron chi connectivity index (χ4n) is 3.35. The zero-order chi connectivity index (χ0) is 15.0. The quantitative estimate of drug-likeness (QED) is 0.905. The Morgan fingerprint density at radius 3 is 2.81 bits per heavy atom. The summed E-state index contributed by atoms with van der Waals surface area (Å²) in [6, 6.07) is 4.68. The van der Waals surface area contributed by atoms with Crippen LogP contribution >= 0.6 is 0 Å². The van der Waals surface area contributed by atoms with Gasteiger partial charge in [0.05, 0.1) is 13.0 Å². The zero-order valence-corrected chi connectivity index (χ0v) is 12.1. The predicted molar refractivity (Wildman–Crippen MR) is 75.6 cm³/mol. The van der Waals surface area contributed by atoms with Gasteiger partial charge in [-0.1, -0.05) is 0 Å². The van der Waals surface area contributed by atoms with Gasteiger partial charge in [-0.25, -0.2) is 4.39 Å². The average Bonchev–Trinajstić information content (AvgIpc) is 3.22. The van der Waals surface area contributed by atoms with E-state index in [1.165, 1.54) is 6.07 Å². The normalized spacial score (nSPS) is 26.0. The molecule has 0 aromatic heterocycles. The van der Waals surface area contributed by atoms with E-state index in [9.17, 15) is 14.3 Å². The van der Waals surface area contributed by atoms with Gasteiger partial charge in [-0.05, 0) is 42.9 Å². The highest BCUT2D eigenvalue weighted by Crippen LogP contribution is 2.44. The van der Waals surface area contributed by atoms with Gasteiger partial charge in [-0.3, -0.25) is 9.69 Å². The van der Waals surface area contributed by atoms with Crippen LogP contribution in [0.4, 0.5) is 4.39 Å². The highest BCUT2D eigenvalue weighted by atomic mass is 19.1. The number of nitrogens with zero attached hydrogens (tertiary/aromatic N) is 1. The molecule has 3 rings (SSSR count). The Hall–Kier alpha value is -1.62. The fourth-order valence-corrected chi connectivity index (χ4v) is 3.35. The molecule has 114 valence electrons. The molecule has 0 amide bonds. The topological polar surface area (TPSA) is 49.8 Å². The Labute approximate surface area is 123 Å². The number of hydrogen-bond acceptors (Lipinski definition) is 3. The van der Waals surface area contributed by atoms with E-state index in [0.717, 1.165) is 19.4 Å². The number of benzene rings is 1. The molecule has 1 heterocycles. The van der Waals surface area contributed by atoms with Gasteiger partial charge in [-0.15, -0.1) is 0 Å². The predicted octanol–water partition coefficient (Wildman–Crippen LogP) is 2.38. The van der Waals surface area contributed by atoms with E-state index in [4.69, 9.17) is 4.74 Å². The van der Waals surface area contributed by atoms with E-state index in [-0.39, 0.29) is 17.7 Å². The van der Waals surface area contributed by atoms with E-state index in [1.807, 2.05) is 0 Å². The van der Waals surface area contributed by atoms with Gasteiger partial charge in [-0.2, -0.15) is 0 Å². The first kappa shape index (κ1) is 14.3. The van der Waals surface area contributed by atoms with E-state index >= 15 is 0 Å². The molecule has 1 aromatic rings. The molecule has 0 bridgehead atoms. The van der Waals surface area contributed by atoms with Gasteiger partial charge in [0.2, 0.25) is 0 Å². The monoisotopic (exact) mass is 293 g/mol. The smallest absolute Gasteiger partial charge is 0.308 e. The summed E-state index contributed by atoms with van der Waals surface area (Å²) >= 11 is 0. The van der Waals surface area contributed by atoms with Crippen molar-refractivity contribution < 1.29 is 19.0 Å². The molecule has 0 radical (unpaired) electrons. The standard InChI is InChI=1S/C16H20FNO3/c1-21-12-4-5-15(17)11(6-12)7-18-8-13(10-2-3-10)14(9-18)16(19)20/h4-6,10,13-14H,2-3,7-9H2,1H3,(H,19,20)/t13-,14+/m0/s1. The van der Waals surface area contributed by atoms with Crippen LogP contribution in [0.1, 0.15) is 18.4 Å². The molecule has 1 saturated carbocycles. The molecule has 1 N–H and O–H groups in total. The molecule has 2 fully saturated rings. The summed E-state index contributed by atoms with van der Waals surface area (Å²) in [5.74, 6) is 0.0887. The fraction of sp³-hybridized carbons (Fsp3) is 0.562. The number of carboxylic acid groups (broad SMARTS) is 1. The Balaban J connectivity index is 1.72. The number of likely N-dealkylation sites (tertiary alicyclic amines) is 1. The van der Waals surface area contributed by atoms with E-state index < -0.39 is 5.97 Å². The van der Waals surface area contributed by atoms with Crippen LogP contribution in [0.5, 0.6) is 5.75 Å². The van der Waals surface area contributed by atoms with Crippen LogP contribution in [-0.4, -0.2) is 36.2 Å². The van der Waals surface area contributed by atoms with Gasteiger partial charge in [0.15, 0.2) is 0 Å². The Kier molecular flexibility index (Phi) is 3.85. The zero-order valence-electron chi connectivity index (χ0n) is 12.1. The maximum atomic E-state index is 13.9. The molecule has 0 unspecified atom stereocenters. The van der Waals surface area contributed by atoms with Crippen molar-refractivity contribution in [2.24, 2.45) is 17.8 Å². The minimum absolute atomic E-state index is 0.219. The summed E-state index contributed by atoms with van der Waals surface area (Å²) in [5, 5.41) is 9.36. The van der Waals surface area contributed by atoms with Crippen molar-refractivity contribution in [3.8, 4) is 5.75 Å². The SMILES string of the molecule is COc1ccc(F)c(CN2C[C@@H](C(=O)O)[C@H](C3CC3)C2)c1. The molecular weight excluding hydrogens is 273 g/mol. The van der Waals surface area contributed by atoms with Crippen LogP contribution in [0, 0.1) is 23.6 Å². The van der Waals surface area contributed by atoms with Crippen LogP contribution in [0.25, 0.3) is 0 Å². The molecular formula is C16H20FNO3. The first-order valence-corrected chi connectivity index (χ1v) is 7.36. The first-order chi connectivity index (χ1) is 10.1. The number of halogens is 1. The number of hydrogen-bond donors (Lipinski definition) is 1. The summed E-state index contributed by atoms with van der Waals surface area (Å²) in [6.45, 7) is 1.70. The molecule has 5 heteroatoms. The minimum atomic E-state index is -0.722. The van der Waals surface area contributed by atoms with Crippen LogP contribution in [0.2, 0.25) is 0 Å². The second-order valence-corrected chi connectivity index (χ2v) is 6.10. The molecule has 1 saturated heterocycles. The number of carboxylic acids is 1. The molecule has 1 aliphatic heterocycles. The second-order valence-electron chi connectivity index (χ2n) is 6.10. The lowest BCUT2D eigenvalue weighted by Crippen LogP contribution is -2.24. The Bertz CT molecular complexity index is 544. The van der Waals surface area contributed by atoms with Crippen molar-refractivity contribution in [2.75, 3.05) is 20.2 Å². The molecule has 0 spiro atoms. The largest absolute Gasteiger partial charge is 0.497 e. The van der Waals surface area contributed by atoms with Crippen molar-refractivity contribution >= 4 is 5.97 Å². The molecule has 21 heavy (non-hydrogen) atoms. The third-order valence-electron chi connectivity index (χ3n) is 4.63. The third kappa shape index (κ3) is 3.02. The lowest BCUT2D eigenvalue weighted by Gasteiger charge is -2.16. The van der Waals surface area contributed by atoms with Crippen molar-refractivity contribution in [1.29, 1.82) is 0 Å². The highest BCUT2D eigenvalue weighted by molar-refractivity contribution is 5.71. The molecule has 2 atom stereocenters. The highest BCUT2D eigenvalue weighted by Gasteiger charge is 2.45. The van der Waals surface area contributed by atoms with Crippen LogP contribution < -0.4 is 4.74 Å². The van der Waals surface area contributed by atoms with Gasteiger partial charge in [0, 0.05) is 25.2 Å². The summed E-state index contributed by atoms with van der Waals surface area (Å²) in [5.41, 5.74) is 0.565. The maximum absolute atomic E-state index is 13.9. The van der Waals surface area contributed by atoms with Crippen molar-refractivity contribution in [3.05, 3.63) is 29.6 Å². The van der Waals surface area contributed by atoms with E-state index in [1.54, 1.807) is 19.2 Å². The third-order valence-corrected chi connectivity index (χ3v) is 4.63. The summed E-state index contributed by atoms with van der Waals surface area (Å²) in [6.07, 6.45) is 2.27. The Morgan fingerprint density at radius 1 is 1.43 bits per heavy atom. The van der Waals surface area contributed by atoms with Crippen molar-refractivity contribution in [2.45, 2.75) is 19.4 Å². The lowest BCUT2D eigenvalue weighted by molar-refractivity contribution is -0.142. The molecule has 1 aromatic carbocycles. The molecule has 2 aliphatic rings. The number of ether oxygens (including phenoxy) is 1. The van der Waals surface area contributed by atoms with Crippen LogP contribution in [0.15, 0.2) is 18.2 Å². The van der Waals surface area contributed by atoms with Crippen molar-refractivity contribution in [1.82, 2.24) is 4.90 Å². The Morgan fingerprint density at radius 2 is 2.19 bits per heavy atom. The van der Waals surface area contributed by atoms with E-state index in [2.05, 4.69) is 4.90 Å². The number of aliphatic carboxylic acids is 1. The van der Waals surface area contributed by atoms with Crippen LogP contribution in [-0.2, 0) is 11.3 Å². The van der Waals surface area contributed by atoms with Gasteiger partial charge in [0.1, 0.15) is 11.6 Å². The lowest BCUT2D eigenvalue weighted by atomic mass is 9.92. The number of methoxy groups -OCH3 is 1. The van der Waals surface area contributed by atoms with Crippen molar-refractivity contribution in [3.63, 3.8) is 0 Å². The maximum Gasteiger partial charge on any atom is 0.308 e. The molecule has 4 nitrogen and oxygen atoms in total. The second kappa shape index (κ2) is 5.64. The van der Waals surface area contributed by atoms with Gasteiger partial charge in [0.25, 0.3) is 0 Å². The van der Waals surface area contributed by atoms with Gasteiger partial charge >= 0.3 is 5.97 Å². The summed E-state index contributed by atoms with van der Waals surface area (Å²) in [4.78, 5) is 13.4. The molecule has 1 aliphatic carbocycles. The minimum Gasteiger partial charge on any atom is -0.497 e. The number of rotatable bonds is 5. The van der Waals surface area contributed by atoms with E-state index in [0.29, 0.717) is 30.3 Å². The first-order valence-electron chi connectivity index (χ1n) is 7.36. The average molecular weight is 293 g/mol. The van der Waals surface area contributed by atoms with Crippen LogP contribution in [0.3, 0.4) is 0 Å². The number of carbonyl (C=O) groups is 1. The summed E-state index contributed by atoms with van der Waals surface area (Å²) < 4.78 is 19.0.